The summed E-state index contributed by atoms with van der Waals surface area (Å²) in [7, 11) is 0. The molecule has 3 aromatic rings. The predicted octanol–water partition coefficient (Wildman–Crippen LogP) is 4.78. The maximum atomic E-state index is 12.2. The Morgan fingerprint density at radius 1 is 1.00 bits per heavy atom. The van der Waals surface area contributed by atoms with Gasteiger partial charge in [0.1, 0.15) is 0 Å². The summed E-state index contributed by atoms with van der Waals surface area (Å²) in [5, 5.41) is 3.62. The van der Waals surface area contributed by atoms with Crippen molar-refractivity contribution in [3.05, 3.63) is 82.6 Å². The second-order valence-electron chi connectivity index (χ2n) is 4.98. The van der Waals surface area contributed by atoms with Gasteiger partial charge in [-0.15, -0.1) is 0 Å². The van der Waals surface area contributed by atoms with Gasteiger partial charge in [-0.05, 0) is 48.0 Å². The summed E-state index contributed by atoms with van der Waals surface area (Å²) in [4.78, 5) is 20.6. The maximum absolute atomic E-state index is 12.2. The van der Waals surface area contributed by atoms with Gasteiger partial charge in [0.15, 0.2) is 5.16 Å². The average molecular weight is 400 g/mol. The molecule has 0 fully saturated rings. The van der Waals surface area contributed by atoms with Crippen LogP contribution >= 0.6 is 27.7 Å². The molecule has 0 spiro atoms. The van der Waals surface area contributed by atoms with Gasteiger partial charge >= 0.3 is 0 Å². The summed E-state index contributed by atoms with van der Waals surface area (Å²) in [6.45, 7) is 0. The first-order chi connectivity index (χ1) is 11.7. The first-order valence-corrected chi connectivity index (χ1v) is 9.04. The van der Waals surface area contributed by atoms with Crippen LogP contribution in [0.3, 0.4) is 0 Å². The van der Waals surface area contributed by atoms with Crippen molar-refractivity contribution in [3.63, 3.8) is 0 Å². The number of thioether (sulfide) groups is 1. The standard InChI is InChI=1S/C18H14BrN3OS/c19-15-6-8-16(9-7-15)22-17(23)14-4-2-13(3-5-14)12-24-18-20-10-1-11-21-18/h1-11H,12H2,(H,22,23). The van der Waals surface area contributed by atoms with Crippen LogP contribution in [0.4, 0.5) is 5.69 Å². The predicted molar refractivity (Wildman–Crippen MR) is 100 cm³/mol. The molecule has 2 aromatic carbocycles. The molecule has 24 heavy (non-hydrogen) atoms. The van der Waals surface area contributed by atoms with Crippen LogP contribution in [-0.4, -0.2) is 15.9 Å². The number of nitrogens with one attached hydrogen (secondary N) is 1. The normalized spacial score (nSPS) is 10.4. The molecule has 0 unspecified atom stereocenters. The molecule has 4 nitrogen and oxygen atoms in total. The Morgan fingerprint density at radius 3 is 2.33 bits per heavy atom. The summed E-state index contributed by atoms with van der Waals surface area (Å²) in [6, 6.07) is 16.8. The number of hydrogen-bond donors (Lipinski definition) is 1. The Bertz CT molecular complexity index is 808. The summed E-state index contributed by atoms with van der Waals surface area (Å²) >= 11 is 4.94. The second kappa shape index (κ2) is 8.08. The van der Waals surface area contributed by atoms with Crippen LogP contribution in [0.1, 0.15) is 15.9 Å². The third-order valence-electron chi connectivity index (χ3n) is 3.23. The Kier molecular flexibility index (Phi) is 5.61. The number of nitrogens with zero attached hydrogens (tertiary/aromatic N) is 2. The minimum absolute atomic E-state index is 0.122. The van der Waals surface area contributed by atoms with E-state index in [1.165, 1.54) is 0 Å². The van der Waals surface area contributed by atoms with Gasteiger partial charge < -0.3 is 5.32 Å². The topological polar surface area (TPSA) is 54.9 Å². The molecule has 1 heterocycles. The highest BCUT2D eigenvalue weighted by Crippen LogP contribution is 2.19. The number of carbonyl (C=O) groups excluding carboxylic acids is 1. The maximum Gasteiger partial charge on any atom is 0.255 e. The SMILES string of the molecule is O=C(Nc1ccc(Br)cc1)c1ccc(CSc2ncccn2)cc1. The molecule has 0 aliphatic carbocycles. The zero-order valence-electron chi connectivity index (χ0n) is 12.6. The number of amides is 1. The Morgan fingerprint density at radius 2 is 1.67 bits per heavy atom. The van der Waals surface area contributed by atoms with E-state index in [1.54, 1.807) is 30.2 Å². The van der Waals surface area contributed by atoms with Crippen LogP contribution < -0.4 is 5.32 Å². The zero-order chi connectivity index (χ0) is 16.8. The molecule has 0 aliphatic rings. The number of halogens is 1. The highest BCUT2D eigenvalue weighted by molar-refractivity contribution is 9.10. The Hall–Kier alpha value is -2.18. The van der Waals surface area contributed by atoms with Crippen LogP contribution in [0.25, 0.3) is 0 Å². The summed E-state index contributed by atoms with van der Waals surface area (Å²) in [5.41, 5.74) is 2.51. The molecule has 3 rings (SSSR count). The molecule has 1 amide bonds. The van der Waals surface area contributed by atoms with E-state index in [0.717, 1.165) is 26.6 Å². The zero-order valence-corrected chi connectivity index (χ0v) is 15.0. The van der Waals surface area contributed by atoms with E-state index in [9.17, 15) is 4.79 Å². The highest BCUT2D eigenvalue weighted by atomic mass is 79.9. The molecule has 0 bridgehead atoms. The smallest absolute Gasteiger partial charge is 0.255 e. The molecular formula is C18H14BrN3OS. The lowest BCUT2D eigenvalue weighted by atomic mass is 10.1. The molecule has 0 saturated carbocycles. The highest BCUT2D eigenvalue weighted by Gasteiger charge is 2.06. The molecule has 1 aromatic heterocycles. The van der Waals surface area contributed by atoms with Crippen molar-refractivity contribution >= 4 is 39.3 Å². The van der Waals surface area contributed by atoms with Gasteiger partial charge in [0, 0.05) is 33.9 Å². The lowest BCUT2D eigenvalue weighted by molar-refractivity contribution is 0.102. The third kappa shape index (κ3) is 4.66. The summed E-state index contributed by atoms with van der Waals surface area (Å²) in [6.07, 6.45) is 3.45. The Labute approximate surface area is 152 Å². The molecule has 0 radical (unpaired) electrons. The lowest BCUT2D eigenvalue weighted by Gasteiger charge is -2.06. The van der Waals surface area contributed by atoms with E-state index >= 15 is 0 Å². The van der Waals surface area contributed by atoms with E-state index in [0.29, 0.717) is 5.56 Å². The van der Waals surface area contributed by atoms with Crippen LogP contribution in [0.2, 0.25) is 0 Å². The van der Waals surface area contributed by atoms with Gasteiger partial charge in [-0.2, -0.15) is 0 Å². The number of anilines is 1. The lowest BCUT2D eigenvalue weighted by Crippen LogP contribution is -2.11. The fraction of sp³-hybridized carbons (Fsp3) is 0.0556. The van der Waals surface area contributed by atoms with Gasteiger partial charge in [0.25, 0.3) is 5.91 Å². The number of hydrogen-bond acceptors (Lipinski definition) is 4. The number of aromatic nitrogens is 2. The molecule has 6 heteroatoms. The molecule has 1 N–H and O–H groups in total. The van der Waals surface area contributed by atoms with Gasteiger partial charge in [0.2, 0.25) is 0 Å². The molecule has 0 saturated heterocycles. The molecule has 0 atom stereocenters. The fourth-order valence-electron chi connectivity index (χ4n) is 2.00. The largest absolute Gasteiger partial charge is 0.322 e. The third-order valence-corrected chi connectivity index (χ3v) is 4.70. The first-order valence-electron chi connectivity index (χ1n) is 7.26. The van der Waals surface area contributed by atoms with E-state index in [1.807, 2.05) is 48.5 Å². The van der Waals surface area contributed by atoms with Crippen molar-refractivity contribution in [1.29, 1.82) is 0 Å². The van der Waals surface area contributed by atoms with Crippen LogP contribution in [0, 0.1) is 0 Å². The molecule has 0 aliphatic heterocycles. The fourth-order valence-corrected chi connectivity index (χ4v) is 3.02. The van der Waals surface area contributed by atoms with E-state index in [4.69, 9.17) is 0 Å². The van der Waals surface area contributed by atoms with Crippen molar-refractivity contribution in [3.8, 4) is 0 Å². The summed E-state index contributed by atoms with van der Waals surface area (Å²) in [5.74, 6) is 0.640. The average Bonchev–Trinajstić information content (AvgIpc) is 2.63. The second-order valence-corrected chi connectivity index (χ2v) is 6.84. The van der Waals surface area contributed by atoms with Gasteiger partial charge in [-0.1, -0.05) is 39.8 Å². The van der Waals surface area contributed by atoms with Crippen molar-refractivity contribution in [1.82, 2.24) is 9.97 Å². The van der Waals surface area contributed by atoms with Crippen LogP contribution in [-0.2, 0) is 5.75 Å². The number of benzene rings is 2. The van der Waals surface area contributed by atoms with Crippen molar-refractivity contribution in [2.75, 3.05) is 5.32 Å². The van der Waals surface area contributed by atoms with Gasteiger partial charge in [0.05, 0.1) is 0 Å². The van der Waals surface area contributed by atoms with Crippen LogP contribution in [0.15, 0.2) is 76.6 Å². The first kappa shape index (κ1) is 16.7. The van der Waals surface area contributed by atoms with Crippen molar-refractivity contribution in [2.45, 2.75) is 10.9 Å². The van der Waals surface area contributed by atoms with E-state index in [-0.39, 0.29) is 5.91 Å². The van der Waals surface area contributed by atoms with E-state index < -0.39 is 0 Å². The minimum Gasteiger partial charge on any atom is -0.322 e. The van der Waals surface area contributed by atoms with Gasteiger partial charge in [-0.3, -0.25) is 4.79 Å². The minimum atomic E-state index is -0.122. The van der Waals surface area contributed by atoms with E-state index in [2.05, 4.69) is 31.2 Å². The quantitative estimate of drug-likeness (QED) is 0.495. The molecule has 120 valence electrons. The van der Waals surface area contributed by atoms with Crippen molar-refractivity contribution in [2.24, 2.45) is 0 Å². The Balaban J connectivity index is 1.59. The number of carbonyl (C=O) groups is 1. The van der Waals surface area contributed by atoms with Gasteiger partial charge in [-0.25, -0.2) is 9.97 Å². The molecular weight excluding hydrogens is 386 g/mol. The monoisotopic (exact) mass is 399 g/mol. The van der Waals surface area contributed by atoms with Crippen LogP contribution in [0.5, 0.6) is 0 Å². The van der Waals surface area contributed by atoms with Crippen molar-refractivity contribution < 1.29 is 4.79 Å². The number of rotatable bonds is 5. The summed E-state index contributed by atoms with van der Waals surface area (Å²) < 4.78 is 0.977.